The van der Waals surface area contributed by atoms with Crippen molar-refractivity contribution in [1.82, 2.24) is 14.7 Å². The Morgan fingerprint density at radius 3 is 2.67 bits per heavy atom. The Hall–Kier alpha value is -1.12. The topological polar surface area (TPSA) is 110 Å². The van der Waals surface area contributed by atoms with Crippen LogP contribution in [0.3, 0.4) is 0 Å². The summed E-state index contributed by atoms with van der Waals surface area (Å²) in [6.07, 6.45) is 0. The van der Waals surface area contributed by atoms with Crippen LogP contribution in [0.15, 0.2) is 0 Å². The molecule has 102 valence electrons. The number of aromatic nitrogens is 2. The molecule has 0 fully saturated rings. The summed E-state index contributed by atoms with van der Waals surface area (Å²) in [5, 5.41) is 2.90. The quantitative estimate of drug-likeness (QED) is 0.654. The Morgan fingerprint density at radius 2 is 2.06 bits per heavy atom. The summed E-state index contributed by atoms with van der Waals surface area (Å²) in [6, 6.07) is 0. The van der Waals surface area contributed by atoms with E-state index in [0.717, 1.165) is 0 Å². The summed E-state index contributed by atoms with van der Waals surface area (Å²) < 4.78 is 25.2. The molecule has 0 unspecified atom stereocenters. The smallest absolute Gasteiger partial charge is 0.224 e. The first-order valence-corrected chi connectivity index (χ1v) is 7.39. The lowest BCUT2D eigenvalue weighted by atomic mass is 10.3. The molecule has 0 aliphatic heterocycles. The van der Waals surface area contributed by atoms with Crippen molar-refractivity contribution in [3.63, 3.8) is 0 Å². The lowest BCUT2D eigenvalue weighted by Crippen LogP contribution is -2.29. The van der Waals surface area contributed by atoms with Gasteiger partial charge in [0.2, 0.25) is 15.3 Å². The molecule has 0 spiro atoms. The van der Waals surface area contributed by atoms with E-state index in [2.05, 4.69) is 20.0 Å². The molecule has 7 nitrogen and oxygen atoms in total. The van der Waals surface area contributed by atoms with Crippen LogP contribution in [0.5, 0.6) is 0 Å². The standard InChI is InChI=1S/C9H16ClN5O2S/c1-3-13-18(16,17)5-4-12-8-7(11)6(2)14-9(10)15-8/h13H,3-5,11H2,1-2H3,(H,12,14,15). The molecule has 18 heavy (non-hydrogen) atoms. The van der Waals surface area contributed by atoms with Gasteiger partial charge in [0, 0.05) is 13.1 Å². The van der Waals surface area contributed by atoms with Crippen LogP contribution in [0.4, 0.5) is 11.5 Å². The minimum Gasteiger partial charge on any atom is -0.394 e. The van der Waals surface area contributed by atoms with Gasteiger partial charge in [-0.1, -0.05) is 6.92 Å². The van der Waals surface area contributed by atoms with Crippen molar-refractivity contribution in [3.8, 4) is 0 Å². The Balaban J connectivity index is 2.65. The van der Waals surface area contributed by atoms with Crippen LogP contribution in [0.25, 0.3) is 0 Å². The largest absolute Gasteiger partial charge is 0.394 e. The molecule has 0 atom stereocenters. The third-order valence-electron chi connectivity index (χ3n) is 2.14. The van der Waals surface area contributed by atoms with E-state index in [1.54, 1.807) is 13.8 Å². The summed E-state index contributed by atoms with van der Waals surface area (Å²) in [5.41, 5.74) is 6.66. The number of nitrogens with two attached hydrogens (primary N) is 1. The van der Waals surface area contributed by atoms with Crippen molar-refractivity contribution < 1.29 is 8.42 Å². The molecule has 0 saturated heterocycles. The van der Waals surface area contributed by atoms with Crippen molar-refractivity contribution in [2.75, 3.05) is 29.9 Å². The molecule has 9 heteroatoms. The number of nitrogens with one attached hydrogen (secondary N) is 2. The van der Waals surface area contributed by atoms with Gasteiger partial charge in [0.1, 0.15) is 0 Å². The van der Waals surface area contributed by atoms with E-state index in [-0.39, 0.29) is 17.6 Å². The summed E-state index contributed by atoms with van der Waals surface area (Å²) in [7, 11) is -3.26. The van der Waals surface area contributed by atoms with Gasteiger partial charge in [0.25, 0.3) is 0 Å². The Labute approximate surface area is 111 Å². The molecule has 0 aromatic carbocycles. The van der Waals surface area contributed by atoms with Gasteiger partial charge >= 0.3 is 0 Å². The Kier molecular flexibility index (Phi) is 5.12. The number of nitrogen functional groups attached to an aromatic ring is 1. The molecule has 0 aliphatic carbocycles. The van der Waals surface area contributed by atoms with Crippen LogP contribution < -0.4 is 15.8 Å². The zero-order valence-corrected chi connectivity index (χ0v) is 11.8. The molecule has 1 heterocycles. The maximum Gasteiger partial charge on any atom is 0.224 e. The minimum atomic E-state index is -3.26. The normalized spacial score (nSPS) is 11.5. The fourth-order valence-electron chi connectivity index (χ4n) is 1.28. The lowest BCUT2D eigenvalue weighted by Gasteiger charge is -2.10. The highest BCUT2D eigenvalue weighted by molar-refractivity contribution is 7.89. The summed E-state index contributed by atoms with van der Waals surface area (Å²) in [5.74, 6) is 0.278. The van der Waals surface area contributed by atoms with Crippen LogP contribution in [-0.4, -0.2) is 37.2 Å². The van der Waals surface area contributed by atoms with E-state index in [1.807, 2.05) is 0 Å². The first kappa shape index (κ1) is 14.9. The van der Waals surface area contributed by atoms with Gasteiger partial charge in [-0.25, -0.2) is 18.1 Å². The first-order valence-electron chi connectivity index (χ1n) is 5.36. The number of hydrogen-bond acceptors (Lipinski definition) is 6. The monoisotopic (exact) mass is 293 g/mol. The van der Waals surface area contributed by atoms with Gasteiger partial charge in [-0.05, 0) is 18.5 Å². The highest BCUT2D eigenvalue weighted by atomic mass is 35.5. The van der Waals surface area contributed by atoms with Crippen molar-refractivity contribution >= 4 is 33.1 Å². The predicted octanol–water partition coefficient (Wildman–Crippen LogP) is 0.372. The fourth-order valence-corrected chi connectivity index (χ4v) is 2.44. The van der Waals surface area contributed by atoms with Gasteiger partial charge < -0.3 is 11.1 Å². The second-order valence-electron chi connectivity index (χ2n) is 3.58. The third-order valence-corrected chi connectivity index (χ3v) is 3.78. The number of rotatable bonds is 6. The Bertz CT molecular complexity index is 520. The first-order chi connectivity index (χ1) is 8.35. The number of anilines is 2. The van der Waals surface area contributed by atoms with E-state index in [4.69, 9.17) is 17.3 Å². The number of hydrogen-bond donors (Lipinski definition) is 3. The van der Waals surface area contributed by atoms with Gasteiger partial charge in [-0.15, -0.1) is 0 Å². The van der Waals surface area contributed by atoms with E-state index in [0.29, 0.717) is 23.7 Å². The second kappa shape index (κ2) is 6.17. The second-order valence-corrected chi connectivity index (χ2v) is 5.85. The average molecular weight is 294 g/mol. The third kappa shape index (κ3) is 4.28. The lowest BCUT2D eigenvalue weighted by molar-refractivity contribution is 0.584. The summed E-state index contributed by atoms with van der Waals surface area (Å²) >= 11 is 5.69. The van der Waals surface area contributed by atoms with E-state index in [9.17, 15) is 8.42 Å². The fraction of sp³-hybridized carbons (Fsp3) is 0.556. The zero-order chi connectivity index (χ0) is 13.8. The molecule has 0 amide bonds. The molecule has 0 radical (unpaired) electrons. The highest BCUT2D eigenvalue weighted by Crippen LogP contribution is 2.20. The van der Waals surface area contributed by atoms with Crippen molar-refractivity contribution in [1.29, 1.82) is 0 Å². The number of aryl methyl sites for hydroxylation is 1. The van der Waals surface area contributed by atoms with Crippen LogP contribution >= 0.6 is 11.6 Å². The zero-order valence-electron chi connectivity index (χ0n) is 10.2. The van der Waals surface area contributed by atoms with Crippen molar-refractivity contribution in [2.24, 2.45) is 0 Å². The van der Waals surface area contributed by atoms with Crippen LogP contribution in [0, 0.1) is 6.92 Å². The number of nitrogens with zero attached hydrogens (tertiary/aromatic N) is 2. The maximum atomic E-state index is 11.4. The molecule has 0 bridgehead atoms. The summed E-state index contributed by atoms with van der Waals surface area (Å²) in [6.45, 7) is 3.97. The predicted molar refractivity (Wildman–Crippen MR) is 72.1 cm³/mol. The summed E-state index contributed by atoms with van der Waals surface area (Å²) in [4.78, 5) is 7.78. The van der Waals surface area contributed by atoms with Gasteiger partial charge in [0.15, 0.2) is 5.82 Å². The molecular formula is C9H16ClN5O2S. The average Bonchev–Trinajstić information content (AvgIpc) is 2.24. The van der Waals surface area contributed by atoms with Crippen molar-refractivity contribution in [3.05, 3.63) is 11.0 Å². The van der Waals surface area contributed by atoms with E-state index >= 15 is 0 Å². The maximum absolute atomic E-state index is 11.4. The van der Waals surface area contributed by atoms with E-state index < -0.39 is 10.0 Å². The molecule has 1 aromatic rings. The molecule has 4 N–H and O–H groups in total. The van der Waals surface area contributed by atoms with Crippen LogP contribution in [0.1, 0.15) is 12.6 Å². The van der Waals surface area contributed by atoms with Crippen molar-refractivity contribution in [2.45, 2.75) is 13.8 Å². The molecule has 0 aliphatic rings. The molecule has 1 rings (SSSR count). The van der Waals surface area contributed by atoms with Crippen LogP contribution in [-0.2, 0) is 10.0 Å². The van der Waals surface area contributed by atoms with Gasteiger partial charge in [-0.3, -0.25) is 0 Å². The van der Waals surface area contributed by atoms with E-state index in [1.165, 1.54) is 0 Å². The highest BCUT2D eigenvalue weighted by Gasteiger charge is 2.10. The molecule has 1 aromatic heterocycles. The minimum absolute atomic E-state index is 0.0683. The molecule has 0 saturated carbocycles. The number of halogens is 1. The SMILES string of the molecule is CCNS(=O)(=O)CCNc1nc(Cl)nc(C)c1N. The molecular weight excluding hydrogens is 278 g/mol. The van der Waals surface area contributed by atoms with Crippen LogP contribution in [0.2, 0.25) is 5.28 Å². The Morgan fingerprint density at radius 1 is 1.39 bits per heavy atom. The van der Waals surface area contributed by atoms with Gasteiger partial charge in [0.05, 0.1) is 17.1 Å². The van der Waals surface area contributed by atoms with Gasteiger partial charge in [-0.2, -0.15) is 4.98 Å². The number of sulfonamides is 1.